The van der Waals surface area contributed by atoms with Gasteiger partial charge in [-0.2, -0.15) is 10.5 Å². The van der Waals surface area contributed by atoms with Crippen LogP contribution in [0, 0.1) is 22.7 Å². The molecule has 0 spiro atoms. The molecule has 8 heterocycles. The van der Waals surface area contributed by atoms with Crippen LogP contribution in [0.1, 0.15) is 77.3 Å². The van der Waals surface area contributed by atoms with Gasteiger partial charge in [-0.25, -0.2) is 29.5 Å². The molecule has 0 saturated heterocycles. The lowest BCUT2D eigenvalue weighted by Gasteiger charge is -2.30. The quantitative estimate of drug-likeness (QED) is 0.144. The van der Waals surface area contributed by atoms with E-state index in [9.17, 15) is 13.8 Å². The molecular weight excluding hydrogens is 845 g/mol. The molecule has 2 amide bonds. The van der Waals surface area contributed by atoms with Gasteiger partial charge in [-0.15, -0.1) is 11.8 Å². The first-order valence-electron chi connectivity index (χ1n) is 19.9. The Bertz CT molecular complexity index is 2890. The summed E-state index contributed by atoms with van der Waals surface area (Å²) in [6, 6.07) is 7.28. The minimum absolute atomic E-state index is 0.187. The van der Waals surface area contributed by atoms with Crippen LogP contribution in [0.3, 0.4) is 0 Å². The van der Waals surface area contributed by atoms with Gasteiger partial charge in [0, 0.05) is 55.0 Å². The van der Waals surface area contributed by atoms with Crippen molar-refractivity contribution in [2.45, 2.75) is 75.6 Å². The fourth-order valence-corrected chi connectivity index (χ4v) is 8.03. The third-order valence-electron chi connectivity index (χ3n) is 9.66. The zero-order valence-electron chi connectivity index (χ0n) is 36.2. The third-order valence-corrected chi connectivity index (χ3v) is 11.1. The van der Waals surface area contributed by atoms with Crippen molar-refractivity contribution >= 4 is 57.2 Å². The van der Waals surface area contributed by atoms with Gasteiger partial charge in [0.25, 0.3) is 0 Å². The predicted octanol–water partition coefficient (Wildman–Crippen LogP) is 8.23. The predicted molar refractivity (Wildman–Crippen MR) is 236 cm³/mol. The Labute approximate surface area is 370 Å². The number of fused-ring (bicyclic) bond motifs is 2. The molecule has 0 bridgehead atoms. The first kappa shape index (κ1) is 44.4. The minimum atomic E-state index is -1.39. The standard InChI is InChI=1S/C22H23N5O4S.C22H23N5O3S/c1-22(2,3)31-21(28)26-7-5-6-14(11-26)17-12-27-18(15-8-16(9-23)30-13-15)10-24-19(27)20(25-17)32(4)29;1-22(2,3)30-21(28)26-7-5-6-14(11-26)17-12-27-18(15-8-16(9-23)29-13-15)10-24-19(27)20(25-17)31-4/h6,8,10,12-13H,5,7,11H2,1-4H3;6,8,10,12-13H,5,7,11H2,1-4H3. The van der Waals surface area contributed by atoms with Gasteiger partial charge in [0.05, 0.1) is 59.1 Å². The minimum Gasteiger partial charge on any atom is -0.453 e. The molecule has 0 aliphatic carbocycles. The maximum Gasteiger partial charge on any atom is 0.410 e. The van der Waals surface area contributed by atoms with Crippen LogP contribution >= 0.6 is 11.8 Å². The first-order valence-corrected chi connectivity index (χ1v) is 22.7. The molecule has 17 nitrogen and oxygen atoms in total. The van der Waals surface area contributed by atoms with Crippen molar-refractivity contribution < 1.29 is 32.1 Å². The van der Waals surface area contributed by atoms with Crippen molar-refractivity contribution in [2.24, 2.45) is 0 Å². The van der Waals surface area contributed by atoms with Crippen molar-refractivity contribution in [3.63, 3.8) is 0 Å². The van der Waals surface area contributed by atoms with Crippen LogP contribution in [-0.2, 0) is 20.3 Å². The third kappa shape index (κ3) is 10.0. The van der Waals surface area contributed by atoms with Crippen LogP contribution in [0.15, 0.2) is 80.5 Å². The second-order valence-electron chi connectivity index (χ2n) is 16.7. The summed E-state index contributed by atoms with van der Waals surface area (Å²) in [7, 11) is -1.39. The van der Waals surface area contributed by atoms with Crippen molar-refractivity contribution in [3.05, 3.63) is 84.5 Å². The van der Waals surface area contributed by atoms with Gasteiger partial charge in [0.2, 0.25) is 11.5 Å². The first-order chi connectivity index (χ1) is 29.9. The molecule has 1 atom stereocenters. The fraction of sp³-hybridized carbons (Fsp3) is 0.364. The number of hydrogen-bond acceptors (Lipinski definition) is 14. The van der Waals surface area contributed by atoms with Gasteiger partial charge >= 0.3 is 12.2 Å². The topological polar surface area (TPSA) is 210 Å². The van der Waals surface area contributed by atoms with Crippen LogP contribution in [0.5, 0.6) is 0 Å². The van der Waals surface area contributed by atoms with Gasteiger partial charge in [-0.1, -0.05) is 12.2 Å². The normalized spacial score (nSPS) is 14.9. The molecule has 2 aliphatic rings. The van der Waals surface area contributed by atoms with E-state index in [1.165, 1.54) is 18.0 Å². The summed E-state index contributed by atoms with van der Waals surface area (Å²) in [5, 5.41) is 19.3. The number of amides is 2. The maximum absolute atomic E-state index is 12.6. The van der Waals surface area contributed by atoms with Crippen molar-refractivity contribution in [1.82, 2.24) is 38.5 Å². The molecule has 8 rings (SSSR count). The Morgan fingerprint density at radius 3 is 1.65 bits per heavy atom. The van der Waals surface area contributed by atoms with Crippen LogP contribution < -0.4 is 0 Å². The molecule has 19 heteroatoms. The monoisotopic (exact) mass is 890 g/mol. The van der Waals surface area contributed by atoms with Crippen LogP contribution in [-0.4, -0.2) is 105 Å². The zero-order chi connectivity index (χ0) is 45.2. The highest BCUT2D eigenvalue weighted by atomic mass is 32.2. The van der Waals surface area contributed by atoms with Crippen LogP contribution in [0.2, 0.25) is 0 Å². The summed E-state index contributed by atoms with van der Waals surface area (Å²) < 4.78 is 37.8. The zero-order valence-corrected chi connectivity index (χ0v) is 37.8. The van der Waals surface area contributed by atoms with E-state index in [1.54, 1.807) is 57.4 Å². The fourth-order valence-electron chi connectivity index (χ4n) is 6.87. The summed E-state index contributed by atoms with van der Waals surface area (Å²) in [5.74, 6) is 0.429. The molecule has 2 aliphatic heterocycles. The average molecular weight is 891 g/mol. The molecule has 0 radical (unpaired) electrons. The van der Waals surface area contributed by atoms with Gasteiger partial charge < -0.3 is 28.1 Å². The highest BCUT2D eigenvalue weighted by molar-refractivity contribution is 7.98. The molecule has 0 fully saturated rings. The maximum atomic E-state index is 12.6. The van der Waals surface area contributed by atoms with Gasteiger partial charge in [0.15, 0.2) is 16.3 Å². The molecule has 6 aromatic rings. The Kier molecular flexibility index (Phi) is 12.6. The van der Waals surface area contributed by atoms with Crippen molar-refractivity contribution in [3.8, 4) is 34.7 Å². The van der Waals surface area contributed by atoms with Crippen LogP contribution in [0.25, 0.3) is 45.0 Å². The number of furan rings is 2. The van der Waals surface area contributed by atoms with Gasteiger partial charge in [0.1, 0.15) is 40.9 Å². The molecule has 0 saturated carbocycles. The van der Waals surface area contributed by atoms with Gasteiger partial charge in [-0.05, 0) is 71.8 Å². The van der Waals surface area contributed by atoms with Gasteiger partial charge in [-0.3, -0.25) is 13.0 Å². The summed E-state index contributed by atoms with van der Waals surface area (Å²) in [6.07, 6.45) is 18.4. The van der Waals surface area contributed by atoms with E-state index >= 15 is 0 Å². The molecule has 0 aromatic carbocycles. The Morgan fingerprint density at radius 2 is 1.22 bits per heavy atom. The Balaban J connectivity index is 0.000000189. The number of thioether (sulfide) groups is 1. The van der Waals surface area contributed by atoms with E-state index in [-0.39, 0.29) is 23.7 Å². The number of nitrogens with zero attached hydrogens (tertiary/aromatic N) is 10. The number of aromatic nitrogens is 6. The second-order valence-corrected chi connectivity index (χ2v) is 18.7. The van der Waals surface area contributed by atoms with E-state index < -0.39 is 22.0 Å². The lowest BCUT2D eigenvalue weighted by atomic mass is 10.1. The Morgan fingerprint density at radius 1 is 0.762 bits per heavy atom. The summed E-state index contributed by atoms with van der Waals surface area (Å²) in [4.78, 5) is 46.8. The van der Waals surface area contributed by atoms with Crippen molar-refractivity contribution in [2.75, 3.05) is 38.7 Å². The number of imidazole rings is 2. The SMILES string of the molecule is CS(=O)c1nc(C2=CCCN(C(=O)OC(C)(C)C)C2)cn2c(-c3coc(C#N)c3)cnc12.CSc1nc(C2=CCCN(C(=O)OC(C)(C)C)C2)cn2c(-c3coc(C#N)c3)cnc12. The largest absolute Gasteiger partial charge is 0.453 e. The lowest BCUT2D eigenvalue weighted by molar-refractivity contribution is 0.0262. The van der Waals surface area contributed by atoms with E-state index in [4.69, 9.17) is 33.8 Å². The number of carbonyl (C=O) groups excluding carboxylic acids is 2. The summed E-state index contributed by atoms with van der Waals surface area (Å²) >= 11 is 1.51. The Hall–Kier alpha value is -6.70. The number of ether oxygens (including phenoxy) is 2. The number of nitriles is 2. The molecule has 1 unspecified atom stereocenters. The summed E-state index contributed by atoms with van der Waals surface area (Å²) in [5.41, 5.74) is 6.15. The molecule has 63 heavy (non-hydrogen) atoms. The highest BCUT2D eigenvalue weighted by Crippen LogP contribution is 2.31. The van der Waals surface area contributed by atoms with E-state index in [0.29, 0.717) is 60.2 Å². The lowest BCUT2D eigenvalue weighted by Crippen LogP contribution is -2.39. The second kappa shape index (κ2) is 18.0. The van der Waals surface area contributed by atoms with Crippen molar-refractivity contribution in [1.29, 1.82) is 10.5 Å². The summed E-state index contributed by atoms with van der Waals surface area (Å²) in [6.45, 7) is 13.0. The number of rotatable bonds is 6. The molecule has 326 valence electrons. The molecule has 0 N–H and O–H groups in total. The van der Waals surface area contributed by atoms with Crippen LogP contribution in [0.4, 0.5) is 9.59 Å². The number of hydrogen-bond donors (Lipinski definition) is 0. The molecule has 6 aromatic heterocycles. The highest BCUT2D eigenvalue weighted by Gasteiger charge is 2.28. The van der Waals surface area contributed by atoms with E-state index in [2.05, 4.69) is 21.0 Å². The molecular formula is C44H46N10O7S2. The smallest absolute Gasteiger partial charge is 0.410 e. The average Bonchev–Trinajstić information content (AvgIpc) is 4.08. The number of carbonyl (C=O) groups is 2. The van der Waals surface area contributed by atoms with E-state index in [1.807, 2.05) is 76.6 Å². The van der Waals surface area contributed by atoms with E-state index in [0.717, 1.165) is 45.2 Å².